The van der Waals surface area contributed by atoms with Gasteiger partial charge in [0.1, 0.15) is 0 Å². The maximum absolute atomic E-state index is 13.3. The van der Waals surface area contributed by atoms with E-state index in [4.69, 9.17) is 0 Å². The summed E-state index contributed by atoms with van der Waals surface area (Å²) in [6.07, 6.45) is 12.0. The standard InChI is InChI=1S/C30H33N2O4S/c33-29(20-22-11-17-27(18-12-22)37(35,36)21-23-9-10-23)31-26-15-13-25(14-16-26)30(34)32-19-5-4-8-28(32)24-6-2-1-3-7-24/h1-3,6-7,11-18,23,27-28H,4-5,8-10,19-21H2,(H,31,33). The third-order valence-electron chi connectivity index (χ3n) is 7.31. The lowest BCUT2D eigenvalue weighted by Crippen LogP contribution is -2.38. The molecule has 1 aliphatic heterocycles. The van der Waals surface area contributed by atoms with E-state index in [1.807, 2.05) is 23.1 Å². The molecule has 2 aromatic rings. The molecule has 2 amide bonds. The molecule has 2 aromatic carbocycles. The summed E-state index contributed by atoms with van der Waals surface area (Å²) in [5, 5.41) is 2.27. The van der Waals surface area contributed by atoms with Gasteiger partial charge in [-0.05, 0) is 73.4 Å². The number of piperidine rings is 1. The Morgan fingerprint density at radius 3 is 2.38 bits per heavy atom. The molecule has 3 aliphatic rings. The van der Waals surface area contributed by atoms with E-state index in [2.05, 4.69) is 17.4 Å². The highest BCUT2D eigenvalue weighted by Gasteiger charge is 2.33. The van der Waals surface area contributed by atoms with Crippen molar-refractivity contribution in [3.63, 3.8) is 0 Å². The predicted octanol–water partition coefficient (Wildman–Crippen LogP) is 5.28. The van der Waals surface area contributed by atoms with Crippen LogP contribution in [0.1, 0.15) is 60.5 Å². The van der Waals surface area contributed by atoms with Crippen molar-refractivity contribution in [2.24, 2.45) is 5.92 Å². The lowest BCUT2D eigenvalue weighted by atomic mass is 9.94. The summed E-state index contributed by atoms with van der Waals surface area (Å²) >= 11 is 0. The maximum Gasteiger partial charge on any atom is 0.254 e. The lowest BCUT2D eigenvalue weighted by molar-refractivity contribution is -0.115. The van der Waals surface area contributed by atoms with Gasteiger partial charge in [0, 0.05) is 24.2 Å². The fraction of sp³-hybridized carbons (Fsp3) is 0.367. The van der Waals surface area contributed by atoms with E-state index in [9.17, 15) is 18.0 Å². The van der Waals surface area contributed by atoms with Crippen LogP contribution in [-0.2, 0) is 14.6 Å². The summed E-state index contributed by atoms with van der Waals surface area (Å²) in [5.74, 6) is 0.369. The molecule has 0 aromatic heterocycles. The first-order valence-corrected chi connectivity index (χ1v) is 14.8. The van der Waals surface area contributed by atoms with Crippen LogP contribution in [0.5, 0.6) is 0 Å². The highest BCUT2D eigenvalue weighted by Crippen LogP contribution is 2.33. The second-order valence-corrected chi connectivity index (χ2v) is 12.5. The first-order chi connectivity index (χ1) is 17.9. The molecular formula is C30H33N2O4S. The molecule has 193 valence electrons. The molecule has 37 heavy (non-hydrogen) atoms. The van der Waals surface area contributed by atoms with E-state index in [1.54, 1.807) is 48.9 Å². The Morgan fingerprint density at radius 2 is 1.70 bits per heavy atom. The Labute approximate surface area is 219 Å². The van der Waals surface area contributed by atoms with Crippen molar-refractivity contribution >= 4 is 27.3 Å². The number of benzene rings is 2. The van der Waals surface area contributed by atoms with Crippen LogP contribution in [0.3, 0.4) is 0 Å². The van der Waals surface area contributed by atoms with Gasteiger partial charge in [-0.3, -0.25) is 9.59 Å². The molecule has 5 rings (SSSR count). The molecule has 0 spiro atoms. The predicted molar refractivity (Wildman–Crippen MR) is 146 cm³/mol. The number of anilines is 1. The average Bonchev–Trinajstić information content (AvgIpc) is 3.73. The molecule has 2 atom stereocenters. The monoisotopic (exact) mass is 517 g/mol. The molecule has 2 unspecified atom stereocenters. The summed E-state index contributed by atoms with van der Waals surface area (Å²) in [5.41, 5.74) is 3.15. The lowest BCUT2D eigenvalue weighted by Gasteiger charge is -2.36. The Morgan fingerprint density at radius 1 is 0.946 bits per heavy atom. The van der Waals surface area contributed by atoms with Gasteiger partial charge in [-0.2, -0.15) is 0 Å². The number of amides is 2. The van der Waals surface area contributed by atoms with E-state index in [-0.39, 0.29) is 30.0 Å². The van der Waals surface area contributed by atoms with Gasteiger partial charge in [-0.1, -0.05) is 48.6 Å². The molecule has 7 heteroatoms. The van der Waals surface area contributed by atoms with Crippen molar-refractivity contribution < 1.29 is 18.0 Å². The van der Waals surface area contributed by atoms with Gasteiger partial charge in [0.2, 0.25) is 5.91 Å². The highest BCUT2D eigenvalue weighted by molar-refractivity contribution is 7.92. The second kappa shape index (κ2) is 11.1. The van der Waals surface area contributed by atoms with E-state index >= 15 is 0 Å². The van der Waals surface area contributed by atoms with Crippen molar-refractivity contribution in [3.05, 3.63) is 95.9 Å². The Kier molecular flexibility index (Phi) is 7.60. The van der Waals surface area contributed by atoms with Gasteiger partial charge in [-0.25, -0.2) is 8.42 Å². The van der Waals surface area contributed by atoms with Crippen molar-refractivity contribution in [2.45, 2.75) is 49.8 Å². The number of nitrogens with zero attached hydrogens (tertiary/aromatic N) is 1. The minimum absolute atomic E-state index is 0.00524. The van der Waals surface area contributed by atoms with Crippen LogP contribution in [0.15, 0.2) is 78.4 Å². The number of allylic oxidation sites excluding steroid dienone is 2. The van der Waals surface area contributed by atoms with Crippen LogP contribution < -0.4 is 5.32 Å². The number of carbonyl (C=O) groups excluding carboxylic acids is 2. The SMILES string of the molecule is O=C(CC1=C[CH]C(S(=O)(=O)CC2CC2)C=C1)Nc1ccc(C(=O)N2CCCCC2c2ccccc2)cc1. The normalized spacial score (nSPS) is 21.8. The zero-order chi connectivity index (χ0) is 25.8. The maximum atomic E-state index is 13.3. The summed E-state index contributed by atoms with van der Waals surface area (Å²) in [6, 6.07) is 17.3. The number of nitrogens with one attached hydrogen (secondary N) is 1. The third-order valence-corrected chi connectivity index (χ3v) is 9.39. The zero-order valence-corrected chi connectivity index (χ0v) is 21.7. The van der Waals surface area contributed by atoms with Crippen LogP contribution in [0, 0.1) is 12.3 Å². The van der Waals surface area contributed by atoms with Gasteiger partial charge in [0.25, 0.3) is 5.91 Å². The van der Waals surface area contributed by atoms with Crippen LogP contribution >= 0.6 is 0 Å². The largest absolute Gasteiger partial charge is 0.332 e. The minimum Gasteiger partial charge on any atom is -0.332 e. The minimum atomic E-state index is -3.18. The number of sulfone groups is 1. The third kappa shape index (κ3) is 6.39. The Balaban J connectivity index is 1.15. The molecule has 1 saturated carbocycles. The van der Waals surface area contributed by atoms with Crippen molar-refractivity contribution in [1.82, 2.24) is 4.90 Å². The van der Waals surface area contributed by atoms with E-state index < -0.39 is 15.1 Å². The zero-order valence-electron chi connectivity index (χ0n) is 20.9. The van der Waals surface area contributed by atoms with E-state index in [1.165, 1.54) is 0 Å². The van der Waals surface area contributed by atoms with Crippen LogP contribution in [0.4, 0.5) is 5.69 Å². The summed E-state index contributed by atoms with van der Waals surface area (Å²) < 4.78 is 24.9. The van der Waals surface area contributed by atoms with Crippen molar-refractivity contribution in [3.8, 4) is 0 Å². The van der Waals surface area contributed by atoms with Crippen molar-refractivity contribution in [1.29, 1.82) is 0 Å². The number of hydrogen-bond acceptors (Lipinski definition) is 4. The van der Waals surface area contributed by atoms with Crippen LogP contribution in [-0.4, -0.2) is 42.7 Å². The van der Waals surface area contributed by atoms with Crippen LogP contribution in [0.25, 0.3) is 0 Å². The summed E-state index contributed by atoms with van der Waals surface area (Å²) in [4.78, 5) is 27.9. The second-order valence-electron chi connectivity index (χ2n) is 10.3. The molecule has 1 heterocycles. The summed E-state index contributed by atoms with van der Waals surface area (Å²) in [7, 11) is -3.18. The molecular weight excluding hydrogens is 484 g/mol. The Hall–Kier alpha value is -3.19. The average molecular weight is 518 g/mol. The molecule has 6 nitrogen and oxygen atoms in total. The fourth-order valence-electron chi connectivity index (χ4n) is 5.09. The van der Waals surface area contributed by atoms with Crippen LogP contribution in [0.2, 0.25) is 0 Å². The van der Waals surface area contributed by atoms with Gasteiger partial charge < -0.3 is 10.2 Å². The molecule has 1 saturated heterocycles. The molecule has 1 radical (unpaired) electrons. The highest BCUT2D eigenvalue weighted by atomic mass is 32.2. The first kappa shape index (κ1) is 25.5. The molecule has 2 fully saturated rings. The molecule has 1 N–H and O–H groups in total. The Bertz CT molecular complexity index is 1290. The number of hydrogen-bond donors (Lipinski definition) is 1. The van der Waals surface area contributed by atoms with Crippen molar-refractivity contribution in [2.75, 3.05) is 17.6 Å². The topological polar surface area (TPSA) is 83.5 Å². The van der Waals surface area contributed by atoms with Gasteiger partial charge in [0.05, 0.1) is 23.5 Å². The number of rotatable bonds is 8. The molecule has 0 bridgehead atoms. The first-order valence-electron chi connectivity index (χ1n) is 13.1. The summed E-state index contributed by atoms with van der Waals surface area (Å²) in [6.45, 7) is 0.735. The van der Waals surface area contributed by atoms with Gasteiger partial charge in [0.15, 0.2) is 9.84 Å². The smallest absolute Gasteiger partial charge is 0.254 e. The molecule has 2 aliphatic carbocycles. The van der Waals surface area contributed by atoms with Gasteiger partial charge in [-0.15, -0.1) is 0 Å². The fourth-order valence-corrected chi connectivity index (χ4v) is 6.94. The number of likely N-dealkylation sites (tertiary alicyclic amines) is 1. The quantitative estimate of drug-likeness (QED) is 0.517. The van der Waals surface area contributed by atoms with Gasteiger partial charge >= 0.3 is 0 Å². The number of carbonyl (C=O) groups is 2. The van der Waals surface area contributed by atoms with E-state index in [0.29, 0.717) is 17.2 Å². The van der Waals surface area contributed by atoms with E-state index in [0.717, 1.165) is 49.8 Å².